The molecule has 0 unspecified atom stereocenters. The van der Waals surface area contributed by atoms with Crippen molar-refractivity contribution in [2.75, 3.05) is 11.9 Å². The van der Waals surface area contributed by atoms with Crippen molar-refractivity contribution < 1.29 is 0 Å². The fraction of sp³-hybridized carbons (Fsp3) is 0.538. The molecule has 0 radical (unpaired) electrons. The lowest BCUT2D eigenvalue weighted by Crippen LogP contribution is -2.04. The molecule has 0 bridgehead atoms. The van der Waals surface area contributed by atoms with Crippen LogP contribution in [-0.4, -0.2) is 6.54 Å². The van der Waals surface area contributed by atoms with Crippen molar-refractivity contribution in [1.29, 1.82) is 0 Å². The van der Waals surface area contributed by atoms with Crippen molar-refractivity contribution in [1.82, 2.24) is 0 Å². The normalized spacial score (nSPS) is 10.6. The summed E-state index contributed by atoms with van der Waals surface area (Å²) in [5, 5.41) is 3.45. The molecule has 1 aromatic carbocycles. The van der Waals surface area contributed by atoms with Gasteiger partial charge in [0.2, 0.25) is 0 Å². The molecule has 0 atom stereocenters. The molecule has 1 nitrogen and oxygen atoms in total. The highest BCUT2D eigenvalue weighted by Crippen LogP contribution is 2.11. The highest BCUT2D eigenvalue weighted by atomic mass is 14.9. The quantitative estimate of drug-likeness (QED) is 0.748. The van der Waals surface area contributed by atoms with Crippen LogP contribution in [0.25, 0.3) is 0 Å². The molecule has 14 heavy (non-hydrogen) atoms. The first-order valence-corrected chi connectivity index (χ1v) is 5.55. The lowest BCUT2D eigenvalue weighted by atomic mass is 10.1. The molecule has 78 valence electrons. The van der Waals surface area contributed by atoms with E-state index in [-0.39, 0.29) is 0 Å². The SMILES string of the molecule is CCc1cccc(NCCC(C)C)c1. The van der Waals surface area contributed by atoms with E-state index in [4.69, 9.17) is 0 Å². The number of benzene rings is 1. The van der Waals surface area contributed by atoms with Crippen LogP contribution in [0.3, 0.4) is 0 Å². The monoisotopic (exact) mass is 191 g/mol. The number of hydrogen-bond acceptors (Lipinski definition) is 1. The summed E-state index contributed by atoms with van der Waals surface area (Å²) in [6, 6.07) is 8.67. The highest BCUT2D eigenvalue weighted by Gasteiger charge is 1.95. The Morgan fingerprint density at radius 2 is 2.07 bits per heavy atom. The summed E-state index contributed by atoms with van der Waals surface area (Å²) in [5.74, 6) is 0.775. The maximum atomic E-state index is 3.45. The molecule has 0 saturated heterocycles. The minimum Gasteiger partial charge on any atom is -0.385 e. The predicted octanol–water partition coefficient (Wildman–Crippen LogP) is 3.71. The van der Waals surface area contributed by atoms with Gasteiger partial charge in [0.25, 0.3) is 0 Å². The Morgan fingerprint density at radius 1 is 1.29 bits per heavy atom. The third-order valence-electron chi connectivity index (χ3n) is 2.39. The van der Waals surface area contributed by atoms with Gasteiger partial charge in [0.05, 0.1) is 0 Å². The number of hydrogen-bond donors (Lipinski definition) is 1. The molecule has 0 amide bonds. The summed E-state index contributed by atoms with van der Waals surface area (Å²) in [4.78, 5) is 0. The van der Waals surface area contributed by atoms with E-state index in [0.717, 1.165) is 18.9 Å². The number of aryl methyl sites for hydroxylation is 1. The van der Waals surface area contributed by atoms with Crippen molar-refractivity contribution in [3.8, 4) is 0 Å². The fourth-order valence-electron chi connectivity index (χ4n) is 1.41. The van der Waals surface area contributed by atoms with Gasteiger partial charge in [-0.25, -0.2) is 0 Å². The van der Waals surface area contributed by atoms with Gasteiger partial charge in [0, 0.05) is 12.2 Å². The van der Waals surface area contributed by atoms with E-state index in [1.54, 1.807) is 0 Å². The summed E-state index contributed by atoms with van der Waals surface area (Å²) in [6.45, 7) is 7.77. The largest absolute Gasteiger partial charge is 0.385 e. The van der Waals surface area contributed by atoms with Crippen LogP contribution < -0.4 is 5.32 Å². The second-order valence-electron chi connectivity index (χ2n) is 4.16. The molecule has 1 aromatic rings. The molecule has 1 heteroatoms. The smallest absolute Gasteiger partial charge is 0.0342 e. The molecule has 0 spiro atoms. The summed E-state index contributed by atoms with van der Waals surface area (Å²) in [6.07, 6.45) is 2.34. The van der Waals surface area contributed by atoms with Gasteiger partial charge in [-0.15, -0.1) is 0 Å². The summed E-state index contributed by atoms with van der Waals surface area (Å²) >= 11 is 0. The number of rotatable bonds is 5. The second kappa shape index (κ2) is 5.69. The highest BCUT2D eigenvalue weighted by molar-refractivity contribution is 5.45. The third-order valence-corrected chi connectivity index (χ3v) is 2.39. The zero-order valence-corrected chi connectivity index (χ0v) is 9.51. The van der Waals surface area contributed by atoms with Gasteiger partial charge in [-0.3, -0.25) is 0 Å². The molecule has 1 N–H and O–H groups in total. The number of nitrogens with one attached hydrogen (secondary N) is 1. The van der Waals surface area contributed by atoms with Crippen LogP contribution in [0.15, 0.2) is 24.3 Å². The molecule has 0 aliphatic carbocycles. The Hall–Kier alpha value is -0.980. The lowest BCUT2D eigenvalue weighted by Gasteiger charge is -2.09. The maximum Gasteiger partial charge on any atom is 0.0342 e. The molecule has 0 fully saturated rings. The Labute approximate surface area is 87.5 Å². The van der Waals surface area contributed by atoms with E-state index in [2.05, 4.69) is 50.4 Å². The molecule has 0 heterocycles. The first kappa shape index (κ1) is 11.1. The van der Waals surface area contributed by atoms with Crippen LogP contribution in [0.1, 0.15) is 32.8 Å². The summed E-state index contributed by atoms with van der Waals surface area (Å²) in [7, 11) is 0. The van der Waals surface area contributed by atoms with Gasteiger partial charge in [0.1, 0.15) is 0 Å². The minimum absolute atomic E-state index is 0.775. The third kappa shape index (κ3) is 3.82. The fourth-order valence-corrected chi connectivity index (χ4v) is 1.41. The number of anilines is 1. The Morgan fingerprint density at radius 3 is 2.71 bits per heavy atom. The molecule has 0 aliphatic heterocycles. The molecule has 0 saturated carbocycles. The van der Waals surface area contributed by atoms with Crippen LogP contribution in [0.2, 0.25) is 0 Å². The zero-order chi connectivity index (χ0) is 10.4. The van der Waals surface area contributed by atoms with E-state index >= 15 is 0 Å². The molecule has 0 aromatic heterocycles. The lowest BCUT2D eigenvalue weighted by molar-refractivity contribution is 0.607. The zero-order valence-electron chi connectivity index (χ0n) is 9.51. The van der Waals surface area contributed by atoms with Crippen molar-refractivity contribution in [2.24, 2.45) is 5.92 Å². The summed E-state index contributed by atoms with van der Waals surface area (Å²) < 4.78 is 0. The Kier molecular flexibility index (Phi) is 4.51. The Bertz CT molecular complexity index is 266. The standard InChI is InChI=1S/C13H21N/c1-4-12-6-5-7-13(10-12)14-9-8-11(2)3/h5-7,10-11,14H,4,8-9H2,1-3H3. The van der Waals surface area contributed by atoms with Crippen LogP contribution in [0, 0.1) is 5.92 Å². The van der Waals surface area contributed by atoms with Crippen molar-refractivity contribution in [3.05, 3.63) is 29.8 Å². The van der Waals surface area contributed by atoms with E-state index in [9.17, 15) is 0 Å². The molecule has 0 aliphatic rings. The van der Waals surface area contributed by atoms with Gasteiger partial charge in [-0.2, -0.15) is 0 Å². The molecular weight excluding hydrogens is 170 g/mol. The summed E-state index contributed by atoms with van der Waals surface area (Å²) in [5.41, 5.74) is 2.66. The molecule has 1 rings (SSSR count). The average Bonchev–Trinajstić information content (AvgIpc) is 2.18. The van der Waals surface area contributed by atoms with Crippen LogP contribution in [0.5, 0.6) is 0 Å². The Balaban J connectivity index is 2.42. The van der Waals surface area contributed by atoms with Crippen molar-refractivity contribution in [3.63, 3.8) is 0 Å². The van der Waals surface area contributed by atoms with Gasteiger partial charge in [-0.05, 0) is 36.5 Å². The first-order chi connectivity index (χ1) is 6.72. The van der Waals surface area contributed by atoms with Crippen LogP contribution >= 0.6 is 0 Å². The van der Waals surface area contributed by atoms with Gasteiger partial charge < -0.3 is 5.32 Å². The van der Waals surface area contributed by atoms with E-state index < -0.39 is 0 Å². The second-order valence-corrected chi connectivity index (χ2v) is 4.16. The average molecular weight is 191 g/mol. The van der Waals surface area contributed by atoms with Gasteiger partial charge in [0.15, 0.2) is 0 Å². The van der Waals surface area contributed by atoms with Crippen LogP contribution in [0.4, 0.5) is 5.69 Å². The van der Waals surface area contributed by atoms with E-state index in [1.165, 1.54) is 17.7 Å². The van der Waals surface area contributed by atoms with E-state index in [1.807, 2.05) is 0 Å². The van der Waals surface area contributed by atoms with Crippen molar-refractivity contribution >= 4 is 5.69 Å². The van der Waals surface area contributed by atoms with E-state index in [0.29, 0.717) is 0 Å². The van der Waals surface area contributed by atoms with Crippen molar-refractivity contribution in [2.45, 2.75) is 33.6 Å². The first-order valence-electron chi connectivity index (χ1n) is 5.55. The van der Waals surface area contributed by atoms with Crippen LogP contribution in [-0.2, 0) is 6.42 Å². The van der Waals surface area contributed by atoms with Gasteiger partial charge in [-0.1, -0.05) is 32.9 Å². The van der Waals surface area contributed by atoms with Gasteiger partial charge >= 0.3 is 0 Å². The maximum absolute atomic E-state index is 3.45. The molecular formula is C13H21N. The minimum atomic E-state index is 0.775. The predicted molar refractivity (Wildman–Crippen MR) is 63.8 cm³/mol. The topological polar surface area (TPSA) is 12.0 Å².